The Balaban J connectivity index is 2.12. The molecule has 1 aromatic heterocycles. The molecule has 1 aromatic carbocycles. The second-order valence-corrected chi connectivity index (χ2v) is 9.07. The highest BCUT2D eigenvalue weighted by Crippen LogP contribution is 2.22. The monoisotopic (exact) mass is 405 g/mol. The van der Waals surface area contributed by atoms with E-state index in [4.69, 9.17) is 16.3 Å². The van der Waals surface area contributed by atoms with E-state index in [2.05, 4.69) is 4.72 Å². The Morgan fingerprint density at radius 1 is 1.28 bits per heavy atom. The highest BCUT2D eigenvalue weighted by Gasteiger charge is 2.31. The topological polar surface area (TPSA) is 72.5 Å². The second-order valence-electron chi connectivity index (χ2n) is 5.59. The summed E-state index contributed by atoms with van der Waals surface area (Å²) in [6.45, 7) is 3.32. The van der Waals surface area contributed by atoms with Gasteiger partial charge in [-0.15, -0.1) is 11.3 Å². The van der Waals surface area contributed by atoms with Crippen LogP contribution in [0.5, 0.6) is 0 Å². The minimum Gasteiger partial charge on any atom is -0.459 e. The number of rotatable bonds is 7. The lowest BCUT2D eigenvalue weighted by atomic mass is 10.1. The van der Waals surface area contributed by atoms with E-state index in [1.165, 1.54) is 23.5 Å². The average molecular weight is 406 g/mol. The number of benzene rings is 1. The predicted octanol–water partition coefficient (Wildman–Crippen LogP) is 3.59. The van der Waals surface area contributed by atoms with Crippen LogP contribution in [0.4, 0.5) is 4.39 Å². The van der Waals surface area contributed by atoms with Gasteiger partial charge in [-0.2, -0.15) is 4.72 Å². The van der Waals surface area contributed by atoms with Gasteiger partial charge in [0.1, 0.15) is 23.4 Å². The van der Waals surface area contributed by atoms with Crippen molar-refractivity contribution in [3.8, 4) is 0 Å². The molecule has 9 heteroatoms. The standard InChI is InChI=1S/C16H17ClFNO4S2/c1-10(2)15(16(20)23-9-11-7-8-14(17)24-11)19-25(21,22)13-6-4-3-5-12(13)18/h3-8,10,15,19H,9H2,1-2H3/t15-/m0/s1. The van der Waals surface area contributed by atoms with Gasteiger partial charge in [-0.05, 0) is 30.2 Å². The third-order valence-electron chi connectivity index (χ3n) is 3.31. The van der Waals surface area contributed by atoms with E-state index in [-0.39, 0.29) is 12.5 Å². The zero-order valence-electron chi connectivity index (χ0n) is 13.5. The number of halogens is 2. The molecule has 1 atom stereocenters. The summed E-state index contributed by atoms with van der Waals surface area (Å²) in [7, 11) is -4.20. The van der Waals surface area contributed by atoms with Gasteiger partial charge in [0.25, 0.3) is 0 Å². The highest BCUT2D eigenvalue weighted by atomic mass is 35.5. The van der Waals surface area contributed by atoms with Crippen LogP contribution in [-0.4, -0.2) is 20.4 Å². The number of esters is 1. The van der Waals surface area contributed by atoms with E-state index < -0.39 is 32.7 Å². The third-order valence-corrected chi connectivity index (χ3v) is 5.99. The summed E-state index contributed by atoms with van der Waals surface area (Å²) in [6, 6.07) is 7.21. The summed E-state index contributed by atoms with van der Waals surface area (Å²) in [5.74, 6) is -2.01. The van der Waals surface area contributed by atoms with Gasteiger partial charge in [-0.1, -0.05) is 37.6 Å². The molecule has 0 saturated carbocycles. The fourth-order valence-corrected chi connectivity index (χ4v) is 4.42. The molecule has 0 aliphatic carbocycles. The Kier molecular flexibility index (Phi) is 6.56. The minimum atomic E-state index is -4.20. The number of carbonyl (C=O) groups excluding carboxylic acids is 1. The average Bonchev–Trinajstić information content (AvgIpc) is 2.96. The Morgan fingerprint density at radius 3 is 2.52 bits per heavy atom. The summed E-state index contributed by atoms with van der Waals surface area (Å²) in [5.41, 5.74) is 0. The van der Waals surface area contributed by atoms with E-state index in [0.29, 0.717) is 4.34 Å². The van der Waals surface area contributed by atoms with Gasteiger partial charge in [0.2, 0.25) is 10.0 Å². The van der Waals surface area contributed by atoms with Crippen molar-refractivity contribution < 1.29 is 22.3 Å². The number of ether oxygens (including phenoxy) is 1. The number of sulfonamides is 1. The third kappa shape index (κ3) is 5.24. The van der Waals surface area contributed by atoms with Crippen LogP contribution in [0.1, 0.15) is 18.7 Å². The molecule has 0 fully saturated rings. The van der Waals surface area contributed by atoms with Gasteiger partial charge in [-0.3, -0.25) is 4.79 Å². The van der Waals surface area contributed by atoms with Crippen molar-refractivity contribution in [2.45, 2.75) is 31.4 Å². The molecule has 0 spiro atoms. The van der Waals surface area contributed by atoms with Crippen LogP contribution in [0.2, 0.25) is 4.34 Å². The fraction of sp³-hybridized carbons (Fsp3) is 0.312. The van der Waals surface area contributed by atoms with E-state index in [0.717, 1.165) is 17.0 Å². The van der Waals surface area contributed by atoms with Gasteiger partial charge >= 0.3 is 5.97 Å². The van der Waals surface area contributed by atoms with Crippen LogP contribution >= 0.6 is 22.9 Å². The number of carbonyl (C=O) groups is 1. The number of thiophene rings is 1. The SMILES string of the molecule is CC(C)[C@H](NS(=O)(=O)c1ccccc1F)C(=O)OCc1ccc(Cl)s1. The van der Waals surface area contributed by atoms with Crippen molar-refractivity contribution in [2.75, 3.05) is 0 Å². The molecule has 0 aliphatic rings. The smallest absolute Gasteiger partial charge is 0.324 e. The lowest BCUT2D eigenvalue weighted by Gasteiger charge is -2.20. The molecule has 0 bridgehead atoms. The van der Waals surface area contributed by atoms with Crippen molar-refractivity contribution in [1.82, 2.24) is 4.72 Å². The van der Waals surface area contributed by atoms with E-state index in [9.17, 15) is 17.6 Å². The predicted molar refractivity (Wildman–Crippen MR) is 94.5 cm³/mol. The Labute approximate surface area is 154 Å². The van der Waals surface area contributed by atoms with Gasteiger partial charge in [0, 0.05) is 4.88 Å². The van der Waals surface area contributed by atoms with Crippen LogP contribution in [-0.2, 0) is 26.2 Å². The normalized spacial score (nSPS) is 13.0. The van der Waals surface area contributed by atoms with E-state index in [1.54, 1.807) is 26.0 Å². The zero-order valence-corrected chi connectivity index (χ0v) is 15.9. The first-order valence-corrected chi connectivity index (χ1v) is 10.1. The van der Waals surface area contributed by atoms with Crippen molar-refractivity contribution in [1.29, 1.82) is 0 Å². The van der Waals surface area contributed by atoms with Crippen LogP contribution in [0.3, 0.4) is 0 Å². The molecular formula is C16H17ClFNO4S2. The van der Waals surface area contributed by atoms with Gasteiger partial charge in [-0.25, -0.2) is 12.8 Å². The highest BCUT2D eigenvalue weighted by molar-refractivity contribution is 7.89. The second kappa shape index (κ2) is 8.27. The Hall–Kier alpha value is -1.48. The van der Waals surface area contributed by atoms with Crippen molar-refractivity contribution >= 4 is 38.9 Å². The molecular weight excluding hydrogens is 389 g/mol. The molecule has 1 N–H and O–H groups in total. The lowest BCUT2D eigenvalue weighted by molar-refractivity contribution is -0.148. The molecule has 2 rings (SSSR count). The molecule has 0 aliphatic heterocycles. The zero-order chi connectivity index (χ0) is 18.6. The van der Waals surface area contributed by atoms with Crippen LogP contribution in [0.15, 0.2) is 41.3 Å². The molecule has 25 heavy (non-hydrogen) atoms. The molecule has 0 radical (unpaired) electrons. The largest absolute Gasteiger partial charge is 0.459 e. The summed E-state index contributed by atoms with van der Waals surface area (Å²) in [5, 5.41) is 0. The van der Waals surface area contributed by atoms with Crippen LogP contribution < -0.4 is 4.72 Å². The van der Waals surface area contributed by atoms with Crippen molar-refractivity contribution in [2.24, 2.45) is 5.92 Å². The summed E-state index contributed by atoms with van der Waals surface area (Å²) in [4.78, 5) is 12.5. The van der Waals surface area contributed by atoms with Crippen LogP contribution in [0, 0.1) is 11.7 Å². The maximum atomic E-state index is 13.8. The first-order chi connectivity index (χ1) is 11.7. The number of hydrogen-bond donors (Lipinski definition) is 1. The quantitative estimate of drug-likeness (QED) is 0.714. The molecule has 1 heterocycles. The van der Waals surface area contributed by atoms with E-state index >= 15 is 0 Å². The van der Waals surface area contributed by atoms with Gasteiger partial charge in [0.15, 0.2) is 0 Å². The summed E-state index contributed by atoms with van der Waals surface area (Å²) < 4.78 is 46.5. The van der Waals surface area contributed by atoms with Gasteiger partial charge in [0.05, 0.1) is 4.34 Å². The van der Waals surface area contributed by atoms with Crippen molar-refractivity contribution in [3.05, 3.63) is 51.4 Å². The summed E-state index contributed by atoms with van der Waals surface area (Å²) >= 11 is 7.07. The molecule has 136 valence electrons. The first-order valence-electron chi connectivity index (χ1n) is 7.38. The molecule has 5 nitrogen and oxygen atoms in total. The Morgan fingerprint density at radius 2 is 1.96 bits per heavy atom. The van der Waals surface area contributed by atoms with Gasteiger partial charge < -0.3 is 4.74 Å². The van der Waals surface area contributed by atoms with Crippen LogP contribution in [0.25, 0.3) is 0 Å². The molecule has 0 saturated heterocycles. The fourth-order valence-electron chi connectivity index (χ4n) is 2.01. The lowest BCUT2D eigenvalue weighted by Crippen LogP contribution is -2.45. The minimum absolute atomic E-state index is 0.0130. The molecule has 0 unspecified atom stereocenters. The maximum absolute atomic E-state index is 13.8. The molecule has 2 aromatic rings. The first kappa shape index (κ1) is 19.8. The Bertz CT molecular complexity index is 851. The maximum Gasteiger partial charge on any atom is 0.324 e. The molecule has 0 amide bonds. The summed E-state index contributed by atoms with van der Waals surface area (Å²) in [6.07, 6.45) is 0. The number of hydrogen-bond acceptors (Lipinski definition) is 5. The van der Waals surface area contributed by atoms with Crippen molar-refractivity contribution in [3.63, 3.8) is 0 Å². The van der Waals surface area contributed by atoms with E-state index in [1.807, 2.05) is 0 Å². The number of nitrogens with one attached hydrogen (secondary N) is 1.